The number of rotatable bonds is 5. The normalized spacial score (nSPS) is 23.1. The molecule has 1 aromatic carbocycles. The highest BCUT2D eigenvalue weighted by Crippen LogP contribution is 2.25. The fourth-order valence-corrected chi connectivity index (χ4v) is 2.85. The van der Waals surface area contributed by atoms with Crippen LogP contribution in [-0.4, -0.2) is 31.8 Å². The number of hydrogen-bond donors (Lipinski definition) is 1. The van der Waals surface area contributed by atoms with Crippen LogP contribution in [0.2, 0.25) is 0 Å². The molecule has 20 heavy (non-hydrogen) atoms. The molecule has 1 aromatic rings. The third-order valence-corrected chi connectivity index (χ3v) is 4.21. The first-order valence-electron chi connectivity index (χ1n) is 7.88. The van der Waals surface area contributed by atoms with Crippen LogP contribution in [0.25, 0.3) is 0 Å². The molecular weight excluding hydrogens is 248 g/mol. The lowest BCUT2D eigenvalue weighted by molar-refractivity contribution is 0.324. The Morgan fingerprint density at radius 3 is 2.50 bits per heavy atom. The van der Waals surface area contributed by atoms with Gasteiger partial charge in [0.1, 0.15) is 5.75 Å². The first kappa shape index (κ1) is 15.2. The predicted octanol–water partition coefficient (Wildman–Crippen LogP) is 3.30. The largest absolute Gasteiger partial charge is 0.494 e. The summed E-state index contributed by atoms with van der Waals surface area (Å²) in [5.41, 5.74) is 1.31. The van der Waals surface area contributed by atoms with Gasteiger partial charge in [-0.3, -0.25) is 0 Å². The Morgan fingerprint density at radius 1 is 1.25 bits per heavy atom. The van der Waals surface area contributed by atoms with Crippen LogP contribution in [-0.2, 0) is 0 Å². The Labute approximate surface area is 123 Å². The van der Waals surface area contributed by atoms with Gasteiger partial charge in [-0.15, -0.1) is 0 Å². The minimum absolute atomic E-state index is 0.573. The molecule has 1 fully saturated rings. The highest BCUT2D eigenvalue weighted by Gasteiger charge is 2.28. The number of ether oxygens (including phenoxy) is 1. The Bertz CT molecular complexity index is 402. The highest BCUT2D eigenvalue weighted by atomic mass is 16.5. The van der Waals surface area contributed by atoms with E-state index < -0.39 is 0 Å². The molecule has 2 unspecified atom stereocenters. The summed E-state index contributed by atoms with van der Waals surface area (Å²) >= 11 is 0. The number of benzene rings is 1. The molecule has 0 amide bonds. The van der Waals surface area contributed by atoms with E-state index in [1.54, 1.807) is 0 Å². The van der Waals surface area contributed by atoms with E-state index in [1.165, 1.54) is 12.1 Å². The lowest BCUT2D eigenvalue weighted by atomic mass is 9.98. The van der Waals surface area contributed by atoms with Gasteiger partial charge in [0.15, 0.2) is 0 Å². The summed E-state index contributed by atoms with van der Waals surface area (Å²) in [6.07, 6.45) is 1.17. The molecule has 1 heterocycles. The standard InChI is InChI=1S/C17H28N2O/c1-5-14-11-18-17(13(3)4)12-19(14)15-7-9-16(10-8-15)20-6-2/h7-10,13-14,17-18H,5-6,11-12H2,1-4H3. The van der Waals surface area contributed by atoms with Gasteiger partial charge in [0.05, 0.1) is 6.61 Å². The second kappa shape index (κ2) is 6.98. The van der Waals surface area contributed by atoms with Gasteiger partial charge in [0.25, 0.3) is 0 Å². The van der Waals surface area contributed by atoms with Crippen molar-refractivity contribution in [2.75, 3.05) is 24.6 Å². The first-order valence-corrected chi connectivity index (χ1v) is 7.88. The maximum Gasteiger partial charge on any atom is 0.119 e. The second-order valence-corrected chi connectivity index (χ2v) is 5.90. The molecule has 3 nitrogen and oxygen atoms in total. The molecule has 0 aliphatic carbocycles. The Hall–Kier alpha value is -1.22. The van der Waals surface area contributed by atoms with Crippen LogP contribution in [0.15, 0.2) is 24.3 Å². The summed E-state index contributed by atoms with van der Waals surface area (Å²) in [6.45, 7) is 11.8. The van der Waals surface area contributed by atoms with Gasteiger partial charge in [-0.25, -0.2) is 0 Å². The number of piperazine rings is 1. The van der Waals surface area contributed by atoms with Crippen molar-refractivity contribution in [3.63, 3.8) is 0 Å². The monoisotopic (exact) mass is 276 g/mol. The van der Waals surface area contributed by atoms with E-state index in [0.29, 0.717) is 18.0 Å². The molecular formula is C17H28N2O. The number of nitrogens with one attached hydrogen (secondary N) is 1. The summed E-state index contributed by atoms with van der Waals surface area (Å²) in [6, 6.07) is 9.70. The molecule has 0 bridgehead atoms. The molecule has 1 aliphatic rings. The average Bonchev–Trinajstić information content (AvgIpc) is 2.47. The molecule has 1 aliphatic heterocycles. The number of anilines is 1. The quantitative estimate of drug-likeness (QED) is 0.893. The van der Waals surface area contributed by atoms with Crippen LogP contribution in [0, 0.1) is 5.92 Å². The van der Waals surface area contributed by atoms with Gasteiger partial charge >= 0.3 is 0 Å². The third kappa shape index (κ3) is 3.45. The molecule has 2 atom stereocenters. The van der Waals surface area contributed by atoms with Crippen LogP contribution in [0.3, 0.4) is 0 Å². The summed E-state index contributed by atoms with van der Waals surface area (Å²) in [4.78, 5) is 2.55. The molecule has 0 spiro atoms. The maximum absolute atomic E-state index is 5.53. The van der Waals surface area contributed by atoms with E-state index in [2.05, 4.69) is 55.3 Å². The van der Waals surface area contributed by atoms with Gasteiger partial charge in [0.2, 0.25) is 0 Å². The summed E-state index contributed by atoms with van der Waals surface area (Å²) in [7, 11) is 0. The van der Waals surface area contributed by atoms with E-state index in [1.807, 2.05) is 6.92 Å². The van der Waals surface area contributed by atoms with Crippen molar-refractivity contribution in [1.29, 1.82) is 0 Å². The molecule has 0 radical (unpaired) electrons. The lowest BCUT2D eigenvalue weighted by Gasteiger charge is -2.43. The van der Waals surface area contributed by atoms with Crippen LogP contribution >= 0.6 is 0 Å². The van der Waals surface area contributed by atoms with Crippen molar-refractivity contribution >= 4 is 5.69 Å². The van der Waals surface area contributed by atoms with Crippen LogP contribution in [0.4, 0.5) is 5.69 Å². The lowest BCUT2D eigenvalue weighted by Crippen LogP contribution is -2.58. The topological polar surface area (TPSA) is 24.5 Å². The fourth-order valence-electron chi connectivity index (χ4n) is 2.85. The zero-order valence-electron chi connectivity index (χ0n) is 13.2. The molecule has 0 saturated carbocycles. The predicted molar refractivity (Wildman–Crippen MR) is 85.7 cm³/mol. The summed E-state index contributed by atoms with van der Waals surface area (Å²) < 4.78 is 5.53. The van der Waals surface area contributed by atoms with Gasteiger partial charge in [-0.05, 0) is 43.5 Å². The van der Waals surface area contributed by atoms with Crippen LogP contribution in [0.1, 0.15) is 34.1 Å². The fraction of sp³-hybridized carbons (Fsp3) is 0.647. The van der Waals surface area contributed by atoms with E-state index in [9.17, 15) is 0 Å². The molecule has 0 aromatic heterocycles. The van der Waals surface area contributed by atoms with E-state index in [-0.39, 0.29) is 0 Å². The third-order valence-electron chi connectivity index (χ3n) is 4.21. The van der Waals surface area contributed by atoms with Crippen LogP contribution in [0.5, 0.6) is 5.75 Å². The SMILES string of the molecule is CCOc1ccc(N2CC(C(C)C)NCC2CC)cc1. The average molecular weight is 276 g/mol. The number of nitrogens with zero attached hydrogens (tertiary/aromatic N) is 1. The minimum atomic E-state index is 0.573. The molecule has 3 heteroatoms. The Kier molecular flexibility index (Phi) is 5.30. The van der Waals surface area contributed by atoms with Gasteiger partial charge in [0, 0.05) is 30.9 Å². The van der Waals surface area contributed by atoms with Crippen molar-refractivity contribution in [3.05, 3.63) is 24.3 Å². The Morgan fingerprint density at radius 2 is 1.95 bits per heavy atom. The van der Waals surface area contributed by atoms with E-state index >= 15 is 0 Å². The van der Waals surface area contributed by atoms with Crippen molar-refractivity contribution in [3.8, 4) is 5.75 Å². The smallest absolute Gasteiger partial charge is 0.119 e. The van der Waals surface area contributed by atoms with Crippen molar-refractivity contribution < 1.29 is 4.74 Å². The molecule has 1 N–H and O–H groups in total. The van der Waals surface area contributed by atoms with Gasteiger partial charge in [-0.2, -0.15) is 0 Å². The summed E-state index contributed by atoms with van der Waals surface area (Å²) in [5, 5.41) is 3.68. The van der Waals surface area contributed by atoms with E-state index in [4.69, 9.17) is 4.74 Å². The van der Waals surface area contributed by atoms with E-state index in [0.717, 1.165) is 25.4 Å². The maximum atomic E-state index is 5.53. The number of hydrogen-bond acceptors (Lipinski definition) is 3. The van der Waals surface area contributed by atoms with Gasteiger partial charge in [-0.1, -0.05) is 20.8 Å². The zero-order valence-corrected chi connectivity index (χ0v) is 13.2. The Balaban J connectivity index is 2.13. The van der Waals surface area contributed by atoms with Crippen molar-refractivity contribution in [1.82, 2.24) is 5.32 Å². The van der Waals surface area contributed by atoms with Crippen molar-refractivity contribution in [2.24, 2.45) is 5.92 Å². The van der Waals surface area contributed by atoms with Gasteiger partial charge < -0.3 is 15.0 Å². The van der Waals surface area contributed by atoms with Crippen molar-refractivity contribution in [2.45, 2.75) is 46.2 Å². The first-order chi connectivity index (χ1) is 9.65. The molecule has 112 valence electrons. The highest BCUT2D eigenvalue weighted by molar-refractivity contribution is 5.50. The summed E-state index contributed by atoms with van der Waals surface area (Å²) in [5.74, 6) is 1.62. The molecule has 1 saturated heterocycles. The second-order valence-electron chi connectivity index (χ2n) is 5.90. The van der Waals surface area contributed by atoms with Crippen LogP contribution < -0.4 is 15.0 Å². The zero-order chi connectivity index (χ0) is 14.5. The minimum Gasteiger partial charge on any atom is -0.494 e. The molecule has 2 rings (SSSR count).